The zero-order chi connectivity index (χ0) is 18.3. The molecule has 1 aliphatic heterocycles. The molecule has 1 aromatic carbocycles. The Bertz CT molecular complexity index is 688. The highest BCUT2D eigenvalue weighted by atomic mass is 32.1. The second-order valence-electron chi connectivity index (χ2n) is 6.62. The summed E-state index contributed by atoms with van der Waals surface area (Å²) in [5.41, 5.74) is -0.956. The number of carboxylic acids is 1. The Morgan fingerprint density at radius 2 is 1.71 bits per heavy atom. The number of carbonyl (C=O) groups is 1. The molecule has 0 amide bonds. The minimum Gasteiger partial charge on any atom is -0.478 e. The molecule has 0 spiro atoms. The number of hydrogen-bond acceptors (Lipinski definition) is 4. The maximum absolute atomic E-state index is 13.5. The Morgan fingerprint density at radius 3 is 2.17 bits per heavy atom. The molecule has 0 unspecified atom stereocenters. The van der Waals surface area contributed by atoms with Crippen molar-refractivity contribution < 1.29 is 28.0 Å². The summed E-state index contributed by atoms with van der Waals surface area (Å²) in [6, 6.07) is 1.50. The summed E-state index contributed by atoms with van der Waals surface area (Å²) < 4.78 is 38.6. The standard InChI is InChI=1S/C16H19BF2O4S/c1-15(2)16(3,4)23-17(22-15)10(8-24)5-9-6-12(18)13(19)7-11(9)14(20)21/h5-7,24H,8H2,1-4H3,(H,20,21). The van der Waals surface area contributed by atoms with Crippen molar-refractivity contribution in [1.82, 2.24) is 0 Å². The molecule has 130 valence electrons. The van der Waals surface area contributed by atoms with Crippen molar-refractivity contribution in [3.05, 3.63) is 40.4 Å². The predicted molar refractivity (Wildman–Crippen MR) is 91.2 cm³/mol. The Morgan fingerprint density at radius 1 is 1.21 bits per heavy atom. The van der Waals surface area contributed by atoms with Gasteiger partial charge in [-0.25, -0.2) is 13.6 Å². The second kappa shape index (κ2) is 6.50. The van der Waals surface area contributed by atoms with Crippen LogP contribution in [0.25, 0.3) is 6.08 Å². The van der Waals surface area contributed by atoms with E-state index in [-0.39, 0.29) is 16.9 Å². The van der Waals surface area contributed by atoms with Crippen LogP contribution >= 0.6 is 12.6 Å². The fourth-order valence-electron chi connectivity index (χ4n) is 2.25. The van der Waals surface area contributed by atoms with Gasteiger partial charge in [-0.1, -0.05) is 6.08 Å². The molecule has 1 fully saturated rings. The molecule has 1 aromatic rings. The molecule has 1 heterocycles. The van der Waals surface area contributed by atoms with Crippen LogP contribution in [0.4, 0.5) is 8.78 Å². The van der Waals surface area contributed by atoms with Crippen LogP contribution in [0.5, 0.6) is 0 Å². The molecule has 0 saturated carbocycles. The molecule has 0 aliphatic carbocycles. The molecule has 24 heavy (non-hydrogen) atoms. The molecule has 0 atom stereocenters. The van der Waals surface area contributed by atoms with Crippen molar-refractivity contribution in [1.29, 1.82) is 0 Å². The lowest BCUT2D eigenvalue weighted by molar-refractivity contribution is 0.00578. The number of aromatic carboxylic acids is 1. The monoisotopic (exact) mass is 356 g/mol. The molecule has 8 heteroatoms. The number of benzene rings is 1. The van der Waals surface area contributed by atoms with Crippen LogP contribution in [0.2, 0.25) is 0 Å². The third kappa shape index (κ3) is 3.50. The van der Waals surface area contributed by atoms with Crippen molar-refractivity contribution in [3.63, 3.8) is 0 Å². The molecule has 1 saturated heterocycles. The van der Waals surface area contributed by atoms with Gasteiger partial charge in [0.2, 0.25) is 0 Å². The molecule has 0 radical (unpaired) electrons. The summed E-state index contributed by atoms with van der Waals surface area (Å²) >= 11 is 4.22. The van der Waals surface area contributed by atoms with E-state index in [2.05, 4.69) is 12.6 Å². The van der Waals surface area contributed by atoms with Gasteiger partial charge in [-0.2, -0.15) is 12.6 Å². The zero-order valence-corrected chi connectivity index (χ0v) is 14.8. The molecule has 0 bridgehead atoms. The summed E-state index contributed by atoms with van der Waals surface area (Å²) in [6.07, 6.45) is 1.42. The average molecular weight is 356 g/mol. The van der Waals surface area contributed by atoms with Gasteiger partial charge in [0.15, 0.2) is 11.6 Å². The third-order valence-corrected chi connectivity index (χ3v) is 4.77. The Hall–Kier alpha value is -1.38. The lowest BCUT2D eigenvalue weighted by Crippen LogP contribution is -2.41. The van der Waals surface area contributed by atoms with E-state index in [9.17, 15) is 18.7 Å². The highest BCUT2D eigenvalue weighted by Crippen LogP contribution is 2.39. The Kier molecular flexibility index (Phi) is 5.13. The van der Waals surface area contributed by atoms with Crippen LogP contribution in [0.15, 0.2) is 17.6 Å². The van der Waals surface area contributed by atoms with E-state index < -0.39 is 35.9 Å². The highest BCUT2D eigenvalue weighted by molar-refractivity contribution is 7.80. The fourth-order valence-corrected chi connectivity index (χ4v) is 2.49. The van der Waals surface area contributed by atoms with Crippen molar-refractivity contribution in [3.8, 4) is 0 Å². The first-order valence-corrected chi connectivity index (χ1v) is 8.01. The van der Waals surface area contributed by atoms with Crippen LogP contribution in [-0.2, 0) is 9.31 Å². The summed E-state index contributed by atoms with van der Waals surface area (Å²) in [5.74, 6) is -3.49. The predicted octanol–water partition coefficient (Wildman–Crippen LogP) is 3.61. The van der Waals surface area contributed by atoms with Crippen molar-refractivity contribution in [2.45, 2.75) is 38.9 Å². The van der Waals surface area contributed by atoms with E-state index in [4.69, 9.17) is 9.31 Å². The summed E-state index contributed by atoms with van der Waals surface area (Å²) in [6.45, 7) is 7.51. The summed E-state index contributed by atoms with van der Waals surface area (Å²) in [7, 11) is -0.748. The first-order chi connectivity index (χ1) is 11.0. The molecule has 1 N–H and O–H groups in total. The van der Waals surface area contributed by atoms with Gasteiger partial charge in [0.25, 0.3) is 0 Å². The van der Waals surface area contributed by atoms with Gasteiger partial charge < -0.3 is 14.4 Å². The fraction of sp³-hybridized carbons (Fsp3) is 0.438. The number of carboxylic acid groups (broad SMARTS) is 1. The Balaban J connectivity index is 2.46. The summed E-state index contributed by atoms with van der Waals surface area (Å²) in [4.78, 5) is 11.3. The van der Waals surface area contributed by atoms with Crippen molar-refractivity contribution in [2.75, 3.05) is 5.75 Å². The van der Waals surface area contributed by atoms with Crippen LogP contribution in [-0.4, -0.2) is 35.1 Å². The second-order valence-corrected chi connectivity index (χ2v) is 6.94. The van der Waals surface area contributed by atoms with Crippen LogP contribution < -0.4 is 0 Å². The quantitative estimate of drug-likeness (QED) is 0.639. The zero-order valence-electron chi connectivity index (χ0n) is 13.9. The number of hydrogen-bond donors (Lipinski definition) is 2. The van der Waals surface area contributed by atoms with Crippen LogP contribution in [0.1, 0.15) is 43.6 Å². The largest absolute Gasteiger partial charge is 0.491 e. The van der Waals surface area contributed by atoms with E-state index in [1.54, 1.807) is 0 Å². The maximum Gasteiger partial charge on any atom is 0.491 e. The van der Waals surface area contributed by atoms with Gasteiger partial charge in [-0.15, -0.1) is 0 Å². The van der Waals surface area contributed by atoms with Crippen molar-refractivity contribution >= 4 is 31.8 Å². The van der Waals surface area contributed by atoms with Crippen LogP contribution in [0.3, 0.4) is 0 Å². The number of rotatable bonds is 4. The van der Waals surface area contributed by atoms with E-state index in [1.165, 1.54) is 6.08 Å². The third-order valence-electron chi connectivity index (χ3n) is 4.40. The molecule has 1 aliphatic rings. The van der Waals surface area contributed by atoms with Crippen LogP contribution in [0, 0.1) is 11.6 Å². The first-order valence-electron chi connectivity index (χ1n) is 7.38. The van der Waals surface area contributed by atoms with Gasteiger partial charge in [0.1, 0.15) is 0 Å². The number of thiol groups is 1. The van der Waals surface area contributed by atoms with Gasteiger partial charge in [0, 0.05) is 5.75 Å². The molecular formula is C16H19BF2O4S. The lowest BCUT2D eigenvalue weighted by Gasteiger charge is -2.32. The molecule has 4 nitrogen and oxygen atoms in total. The molecular weight excluding hydrogens is 337 g/mol. The topological polar surface area (TPSA) is 55.8 Å². The number of halogens is 2. The maximum atomic E-state index is 13.5. The average Bonchev–Trinajstić information content (AvgIpc) is 2.67. The lowest BCUT2D eigenvalue weighted by atomic mass is 9.78. The van der Waals surface area contributed by atoms with E-state index >= 15 is 0 Å². The molecule has 2 rings (SSSR count). The van der Waals surface area contributed by atoms with E-state index in [1.807, 2.05) is 27.7 Å². The SMILES string of the molecule is CC1(C)OB(C(=Cc2cc(F)c(F)cc2C(=O)O)CS)OC1(C)C. The molecule has 0 aromatic heterocycles. The highest BCUT2D eigenvalue weighted by Gasteiger charge is 2.52. The normalized spacial score (nSPS) is 19.6. The minimum absolute atomic E-state index is 0.0279. The first kappa shape index (κ1) is 19.0. The van der Waals surface area contributed by atoms with Gasteiger partial charge >= 0.3 is 13.1 Å². The Labute approximate surface area is 145 Å². The van der Waals surface area contributed by atoms with Crippen molar-refractivity contribution in [2.24, 2.45) is 0 Å². The van der Waals surface area contributed by atoms with E-state index in [0.717, 1.165) is 6.07 Å². The van der Waals surface area contributed by atoms with Gasteiger partial charge in [-0.3, -0.25) is 0 Å². The minimum atomic E-state index is -1.35. The smallest absolute Gasteiger partial charge is 0.478 e. The van der Waals surface area contributed by atoms with Gasteiger partial charge in [0.05, 0.1) is 16.8 Å². The van der Waals surface area contributed by atoms with E-state index in [0.29, 0.717) is 11.5 Å². The van der Waals surface area contributed by atoms with Gasteiger partial charge in [-0.05, 0) is 50.9 Å². The summed E-state index contributed by atoms with van der Waals surface area (Å²) in [5, 5.41) is 9.20.